The summed E-state index contributed by atoms with van der Waals surface area (Å²) in [5, 5.41) is 11.9. The van der Waals surface area contributed by atoms with Gasteiger partial charge in [0, 0.05) is 12.0 Å². The highest BCUT2D eigenvalue weighted by atomic mass is 16.5. The number of hydrogen-bond donors (Lipinski definition) is 1. The first-order valence-corrected chi connectivity index (χ1v) is 6.49. The Hall–Kier alpha value is -2.02. The lowest BCUT2D eigenvalue weighted by Gasteiger charge is -2.14. The van der Waals surface area contributed by atoms with Crippen molar-refractivity contribution in [2.75, 3.05) is 7.11 Å². The van der Waals surface area contributed by atoms with Crippen LogP contribution >= 0.6 is 0 Å². The van der Waals surface area contributed by atoms with Gasteiger partial charge in [-0.2, -0.15) is 5.26 Å². The van der Waals surface area contributed by atoms with Crippen molar-refractivity contribution in [3.63, 3.8) is 0 Å². The van der Waals surface area contributed by atoms with Crippen molar-refractivity contribution in [1.82, 2.24) is 5.32 Å². The molecular formula is C15H18N2O2. The Morgan fingerprint density at radius 2 is 2.26 bits per heavy atom. The molecule has 0 aliphatic heterocycles. The molecule has 1 N–H and O–H groups in total. The molecule has 1 aliphatic carbocycles. The van der Waals surface area contributed by atoms with Gasteiger partial charge >= 0.3 is 0 Å². The molecule has 0 saturated heterocycles. The van der Waals surface area contributed by atoms with Gasteiger partial charge in [0.25, 0.3) is 5.91 Å². The molecule has 2 rings (SSSR count). The molecule has 19 heavy (non-hydrogen) atoms. The van der Waals surface area contributed by atoms with Crippen molar-refractivity contribution < 1.29 is 9.53 Å². The van der Waals surface area contributed by atoms with Crippen LogP contribution in [-0.2, 0) is 0 Å². The van der Waals surface area contributed by atoms with E-state index >= 15 is 0 Å². The minimum Gasteiger partial charge on any atom is -0.496 e. The molecule has 4 nitrogen and oxygen atoms in total. The maximum atomic E-state index is 12.3. The monoisotopic (exact) mass is 258 g/mol. The van der Waals surface area contributed by atoms with E-state index in [1.54, 1.807) is 13.2 Å². The SMILES string of the molecule is COc1ccc(C)cc1C(=O)N[C@H]1CC[C@H](C#N)C1. The van der Waals surface area contributed by atoms with Crippen molar-refractivity contribution >= 4 is 5.91 Å². The molecule has 4 heteroatoms. The molecule has 100 valence electrons. The first-order chi connectivity index (χ1) is 9.13. The zero-order valence-electron chi connectivity index (χ0n) is 11.3. The number of amides is 1. The molecule has 1 amide bonds. The van der Waals surface area contributed by atoms with E-state index in [1.165, 1.54) is 0 Å². The maximum absolute atomic E-state index is 12.3. The van der Waals surface area contributed by atoms with Crippen LogP contribution in [0.2, 0.25) is 0 Å². The topological polar surface area (TPSA) is 62.1 Å². The van der Waals surface area contributed by atoms with Crippen molar-refractivity contribution in [1.29, 1.82) is 5.26 Å². The van der Waals surface area contributed by atoms with Crippen molar-refractivity contribution in [3.05, 3.63) is 29.3 Å². The van der Waals surface area contributed by atoms with Crippen molar-refractivity contribution in [3.8, 4) is 11.8 Å². The third kappa shape index (κ3) is 3.05. The fourth-order valence-electron chi connectivity index (χ4n) is 2.49. The second kappa shape index (κ2) is 5.75. The van der Waals surface area contributed by atoms with Crippen LogP contribution in [0.25, 0.3) is 0 Å². The Balaban J connectivity index is 2.08. The number of nitrogens with one attached hydrogen (secondary N) is 1. The molecule has 0 radical (unpaired) electrons. The molecule has 0 unspecified atom stereocenters. The summed E-state index contributed by atoms with van der Waals surface area (Å²) in [6.07, 6.45) is 2.49. The van der Waals surface area contributed by atoms with Crippen molar-refractivity contribution in [2.45, 2.75) is 32.2 Å². The van der Waals surface area contributed by atoms with Crippen LogP contribution in [0.4, 0.5) is 0 Å². The molecule has 0 aromatic heterocycles. The summed E-state index contributed by atoms with van der Waals surface area (Å²) in [6.45, 7) is 1.94. The summed E-state index contributed by atoms with van der Waals surface area (Å²) >= 11 is 0. The zero-order chi connectivity index (χ0) is 13.8. The Bertz CT molecular complexity index is 519. The Labute approximate surface area is 113 Å². The van der Waals surface area contributed by atoms with E-state index in [4.69, 9.17) is 10.00 Å². The fraction of sp³-hybridized carbons (Fsp3) is 0.467. The van der Waals surface area contributed by atoms with Gasteiger partial charge in [-0.05, 0) is 38.3 Å². The number of nitrogens with zero attached hydrogens (tertiary/aromatic N) is 1. The van der Waals surface area contributed by atoms with Crippen LogP contribution in [0.5, 0.6) is 5.75 Å². The first kappa shape index (κ1) is 13.4. The number of hydrogen-bond acceptors (Lipinski definition) is 3. The average Bonchev–Trinajstić information content (AvgIpc) is 2.86. The molecule has 0 spiro atoms. The molecule has 1 aromatic carbocycles. The normalized spacial score (nSPS) is 21.7. The first-order valence-electron chi connectivity index (χ1n) is 6.49. The highest BCUT2D eigenvalue weighted by Crippen LogP contribution is 2.26. The number of nitriles is 1. The largest absolute Gasteiger partial charge is 0.496 e. The van der Waals surface area contributed by atoms with Gasteiger partial charge in [0.15, 0.2) is 0 Å². The summed E-state index contributed by atoms with van der Waals surface area (Å²) in [5.41, 5.74) is 1.58. The van der Waals surface area contributed by atoms with Gasteiger partial charge in [-0.1, -0.05) is 11.6 Å². The quantitative estimate of drug-likeness (QED) is 0.905. The Morgan fingerprint density at radius 1 is 1.47 bits per heavy atom. The standard InChI is InChI=1S/C15H18N2O2/c1-10-3-6-14(19-2)13(7-10)15(18)17-12-5-4-11(8-12)9-16/h3,6-7,11-12H,4-5,8H2,1-2H3,(H,17,18)/t11-,12-/m0/s1. The molecule has 0 heterocycles. The van der Waals surface area contributed by atoms with E-state index in [1.807, 2.05) is 19.1 Å². The van der Waals surface area contributed by atoms with E-state index in [2.05, 4.69) is 11.4 Å². The lowest BCUT2D eigenvalue weighted by Crippen LogP contribution is -2.33. The number of carbonyl (C=O) groups excluding carboxylic acids is 1. The van der Waals surface area contributed by atoms with Gasteiger partial charge in [-0.15, -0.1) is 0 Å². The highest BCUT2D eigenvalue weighted by Gasteiger charge is 2.26. The van der Waals surface area contributed by atoms with Gasteiger partial charge in [-0.3, -0.25) is 4.79 Å². The third-order valence-corrected chi connectivity index (χ3v) is 3.55. The minimum absolute atomic E-state index is 0.0738. The van der Waals surface area contributed by atoms with E-state index in [-0.39, 0.29) is 17.9 Å². The molecule has 1 fully saturated rings. The molecular weight excluding hydrogens is 240 g/mol. The minimum atomic E-state index is -0.121. The van der Waals surface area contributed by atoms with E-state index in [0.717, 1.165) is 24.8 Å². The van der Waals surface area contributed by atoms with Crippen LogP contribution in [0, 0.1) is 24.2 Å². The molecule has 1 aliphatic rings. The Kier molecular flexibility index (Phi) is 4.06. The average molecular weight is 258 g/mol. The van der Waals surface area contributed by atoms with Gasteiger partial charge in [0.2, 0.25) is 0 Å². The van der Waals surface area contributed by atoms with E-state index < -0.39 is 0 Å². The van der Waals surface area contributed by atoms with Crippen LogP contribution in [-0.4, -0.2) is 19.1 Å². The van der Waals surface area contributed by atoms with Gasteiger partial charge in [0.05, 0.1) is 18.7 Å². The van der Waals surface area contributed by atoms with Gasteiger partial charge < -0.3 is 10.1 Å². The number of ether oxygens (including phenoxy) is 1. The molecule has 0 bridgehead atoms. The summed E-state index contributed by atoms with van der Waals surface area (Å²) in [6, 6.07) is 7.90. The van der Waals surface area contributed by atoms with E-state index in [9.17, 15) is 4.79 Å². The summed E-state index contributed by atoms with van der Waals surface area (Å²) in [5.74, 6) is 0.534. The molecule has 1 saturated carbocycles. The summed E-state index contributed by atoms with van der Waals surface area (Å²) in [4.78, 5) is 12.3. The van der Waals surface area contributed by atoms with Crippen LogP contribution in [0.1, 0.15) is 35.2 Å². The van der Waals surface area contributed by atoms with Gasteiger partial charge in [0.1, 0.15) is 5.75 Å². The maximum Gasteiger partial charge on any atom is 0.255 e. The Morgan fingerprint density at radius 3 is 2.89 bits per heavy atom. The molecule has 2 atom stereocenters. The predicted octanol–water partition coefficient (Wildman–Crippen LogP) is 2.43. The lowest BCUT2D eigenvalue weighted by molar-refractivity contribution is 0.0934. The van der Waals surface area contributed by atoms with Crippen LogP contribution < -0.4 is 10.1 Å². The highest BCUT2D eigenvalue weighted by molar-refractivity contribution is 5.97. The second-order valence-electron chi connectivity index (χ2n) is 5.01. The van der Waals surface area contributed by atoms with Crippen LogP contribution in [0.15, 0.2) is 18.2 Å². The smallest absolute Gasteiger partial charge is 0.255 e. The lowest BCUT2D eigenvalue weighted by atomic mass is 10.1. The zero-order valence-corrected chi connectivity index (χ0v) is 11.3. The fourth-order valence-corrected chi connectivity index (χ4v) is 2.49. The number of methoxy groups -OCH3 is 1. The summed E-state index contributed by atoms with van der Waals surface area (Å²) < 4.78 is 5.22. The number of rotatable bonds is 3. The third-order valence-electron chi connectivity index (χ3n) is 3.55. The van der Waals surface area contributed by atoms with Gasteiger partial charge in [-0.25, -0.2) is 0 Å². The number of carbonyl (C=O) groups is 1. The summed E-state index contributed by atoms with van der Waals surface area (Å²) in [7, 11) is 1.56. The van der Waals surface area contributed by atoms with Crippen molar-refractivity contribution in [2.24, 2.45) is 5.92 Å². The number of aryl methyl sites for hydroxylation is 1. The second-order valence-corrected chi connectivity index (χ2v) is 5.01. The molecule has 1 aromatic rings. The predicted molar refractivity (Wildman–Crippen MR) is 71.9 cm³/mol. The van der Waals surface area contributed by atoms with Crippen LogP contribution in [0.3, 0.4) is 0 Å². The number of benzene rings is 1. The van der Waals surface area contributed by atoms with E-state index in [0.29, 0.717) is 11.3 Å².